The van der Waals surface area contributed by atoms with Crippen molar-refractivity contribution in [1.29, 1.82) is 0 Å². The number of fused-ring (bicyclic) bond motifs is 1. The average Bonchev–Trinajstić information content (AvgIpc) is 2.40. The van der Waals surface area contributed by atoms with Crippen molar-refractivity contribution in [2.75, 3.05) is 24.5 Å². The molecule has 0 bridgehead atoms. The van der Waals surface area contributed by atoms with Gasteiger partial charge in [-0.25, -0.2) is 4.39 Å². The summed E-state index contributed by atoms with van der Waals surface area (Å²) < 4.78 is 13.9. The Balaban J connectivity index is 2.06. The standard InChI is InChI=1S/C16H19FN3/c1-11-4-5-14-15(18-11)8-13(17)9-16(14)20-7-6-19(3)12(2)10-20/h4-5,8-9,12H,3,6-7,10H2,1-2H3/q-1/t12-/m0/s1. The lowest BCUT2D eigenvalue weighted by Crippen LogP contribution is -2.49. The van der Waals surface area contributed by atoms with E-state index in [0.29, 0.717) is 6.04 Å². The molecule has 106 valence electrons. The molecule has 0 aliphatic carbocycles. The first-order valence-corrected chi connectivity index (χ1v) is 6.93. The Morgan fingerprint density at radius 3 is 2.85 bits per heavy atom. The molecule has 2 heterocycles. The van der Waals surface area contributed by atoms with Gasteiger partial charge in [0, 0.05) is 35.9 Å². The predicted molar refractivity (Wildman–Crippen MR) is 80.2 cm³/mol. The molecule has 4 heteroatoms. The van der Waals surface area contributed by atoms with Crippen molar-refractivity contribution < 1.29 is 4.39 Å². The topological polar surface area (TPSA) is 19.4 Å². The van der Waals surface area contributed by atoms with Crippen molar-refractivity contribution in [3.63, 3.8) is 0 Å². The summed E-state index contributed by atoms with van der Waals surface area (Å²) in [5, 5.41) is 1.02. The van der Waals surface area contributed by atoms with Crippen LogP contribution >= 0.6 is 0 Å². The summed E-state index contributed by atoms with van der Waals surface area (Å²) in [6, 6.07) is 7.50. The summed E-state index contributed by atoms with van der Waals surface area (Å²) in [6.07, 6.45) is 0. The van der Waals surface area contributed by atoms with E-state index in [2.05, 4.69) is 28.8 Å². The Hall–Kier alpha value is -1.68. The molecule has 1 aliphatic rings. The van der Waals surface area contributed by atoms with Crippen LogP contribution in [0.25, 0.3) is 10.9 Å². The molecular weight excluding hydrogens is 253 g/mol. The van der Waals surface area contributed by atoms with Crippen LogP contribution in [-0.4, -0.2) is 35.6 Å². The highest BCUT2D eigenvalue weighted by atomic mass is 19.1. The fraction of sp³-hybridized carbons (Fsp3) is 0.375. The quantitative estimate of drug-likeness (QED) is 0.744. The highest BCUT2D eigenvalue weighted by Crippen LogP contribution is 2.29. The molecule has 0 saturated carbocycles. The van der Waals surface area contributed by atoms with E-state index in [4.69, 9.17) is 0 Å². The van der Waals surface area contributed by atoms with E-state index in [1.165, 1.54) is 6.07 Å². The van der Waals surface area contributed by atoms with Gasteiger partial charge in [-0.15, -0.1) is 0 Å². The van der Waals surface area contributed by atoms with Crippen molar-refractivity contribution in [1.82, 2.24) is 9.88 Å². The van der Waals surface area contributed by atoms with Crippen molar-refractivity contribution in [3.8, 4) is 0 Å². The molecule has 0 amide bonds. The summed E-state index contributed by atoms with van der Waals surface area (Å²) in [4.78, 5) is 8.75. The smallest absolute Gasteiger partial charge is 0.127 e. The third-order valence-electron chi connectivity index (χ3n) is 3.99. The van der Waals surface area contributed by atoms with Gasteiger partial charge in [0.1, 0.15) is 5.82 Å². The van der Waals surface area contributed by atoms with Crippen LogP contribution in [0.4, 0.5) is 10.1 Å². The minimum Gasteiger partial charge on any atom is -0.454 e. The maximum Gasteiger partial charge on any atom is 0.127 e. The Labute approximate surface area is 119 Å². The fourth-order valence-corrected chi connectivity index (χ4v) is 2.76. The fourth-order valence-electron chi connectivity index (χ4n) is 2.76. The maximum absolute atomic E-state index is 13.9. The molecule has 0 radical (unpaired) electrons. The number of pyridine rings is 1. The number of nitrogens with zero attached hydrogens (tertiary/aromatic N) is 3. The third kappa shape index (κ3) is 2.36. The number of hydrogen-bond donors (Lipinski definition) is 0. The number of aromatic nitrogens is 1. The van der Waals surface area contributed by atoms with Crippen molar-refractivity contribution >= 4 is 16.6 Å². The molecular formula is C16H19FN3-. The first-order chi connectivity index (χ1) is 9.54. The van der Waals surface area contributed by atoms with Gasteiger partial charge in [0.2, 0.25) is 0 Å². The summed E-state index contributed by atoms with van der Waals surface area (Å²) in [5.41, 5.74) is 2.57. The number of halogens is 1. The normalized spacial score (nSPS) is 20.6. The van der Waals surface area contributed by atoms with Gasteiger partial charge in [-0.1, -0.05) is 6.92 Å². The predicted octanol–water partition coefficient (Wildman–Crippen LogP) is 2.98. The Bertz CT molecular complexity index is 636. The van der Waals surface area contributed by atoms with Crippen molar-refractivity contribution in [3.05, 3.63) is 42.8 Å². The largest absolute Gasteiger partial charge is 0.454 e. The van der Waals surface area contributed by atoms with Crippen LogP contribution in [0.15, 0.2) is 24.3 Å². The molecule has 1 atom stereocenters. The van der Waals surface area contributed by atoms with Crippen molar-refractivity contribution in [2.24, 2.45) is 0 Å². The second-order valence-electron chi connectivity index (χ2n) is 5.55. The van der Waals surface area contributed by atoms with Gasteiger partial charge in [0.15, 0.2) is 0 Å². The van der Waals surface area contributed by atoms with Crippen LogP contribution in [0, 0.1) is 19.8 Å². The van der Waals surface area contributed by atoms with E-state index < -0.39 is 0 Å². The highest BCUT2D eigenvalue weighted by molar-refractivity contribution is 5.92. The summed E-state index contributed by atoms with van der Waals surface area (Å²) >= 11 is 0. The van der Waals surface area contributed by atoms with Gasteiger partial charge in [-0.3, -0.25) is 12.0 Å². The molecule has 0 unspecified atom stereocenters. The summed E-state index contributed by atoms with van der Waals surface area (Å²) in [5.74, 6) is -0.227. The molecule has 1 aromatic heterocycles. The zero-order valence-corrected chi connectivity index (χ0v) is 11.9. The lowest BCUT2D eigenvalue weighted by Gasteiger charge is -2.44. The van der Waals surface area contributed by atoms with Gasteiger partial charge in [0.05, 0.1) is 5.52 Å². The molecule has 20 heavy (non-hydrogen) atoms. The number of anilines is 1. The van der Waals surface area contributed by atoms with Crippen LogP contribution in [0.2, 0.25) is 0 Å². The number of hydrogen-bond acceptors (Lipinski definition) is 3. The SMILES string of the molecule is [CH2-]N1CCN(c2cc(F)cc3nc(C)ccc23)C[C@@H]1C. The molecule has 1 saturated heterocycles. The summed E-state index contributed by atoms with van der Waals surface area (Å²) in [6.45, 7) is 6.67. The second kappa shape index (κ2) is 5.02. The van der Waals surface area contributed by atoms with E-state index in [1.54, 1.807) is 6.07 Å². The van der Waals surface area contributed by atoms with E-state index in [0.717, 1.165) is 41.9 Å². The molecule has 1 aromatic carbocycles. The lowest BCUT2D eigenvalue weighted by atomic mass is 10.1. The summed E-state index contributed by atoms with van der Waals surface area (Å²) in [7, 11) is 4.02. The van der Waals surface area contributed by atoms with Crippen molar-refractivity contribution in [2.45, 2.75) is 19.9 Å². The van der Waals surface area contributed by atoms with E-state index in [-0.39, 0.29) is 5.82 Å². The van der Waals surface area contributed by atoms with Gasteiger partial charge in [0.25, 0.3) is 0 Å². The Morgan fingerprint density at radius 2 is 2.10 bits per heavy atom. The van der Waals surface area contributed by atoms with E-state index in [1.807, 2.05) is 19.1 Å². The molecule has 1 aliphatic heterocycles. The first kappa shape index (κ1) is 13.3. The highest BCUT2D eigenvalue weighted by Gasteiger charge is 2.20. The molecule has 0 spiro atoms. The van der Waals surface area contributed by atoms with E-state index in [9.17, 15) is 4.39 Å². The van der Waals surface area contributed by atoms with Crippen LogP contribution < -0.4 is 4.90 Å². The maximum atomic E-state index is 13.9. The van der Waals surface area contributed by atoms with Gasteiger partial charge >= 0.3 is 0 Å². The Kier molecular flexibility index (Phi) is 3.34. The van der Waals surface area contributed by atoms with Gasteiger partial charge in [-0.2, -0.15) is 0 Å². The minimum absolute atomic E-state index is 0.227. The van der Waals surface area contributed by atoms with Crippen LogP contribution in [0.5, 0.6) is 0 Å². The van der Waals surface area contributed by atoms with Crippen LogP contribution in [0.3, 0.4) is 0 Å². The van der Waals surface area contributed by atoms with Gasteiger partial charge < -0.3 is 9.80 Å². The molecule has 1 fully saturated rings. The second-order valence-corrected chi connectivity index (χ2v) is 5.55. The van der Waals surface area contributed by atoms with Crippen LogP contribution in [0.1, 0.15) is 12.6 Å². The lowest BCUT2D eigenvalue weighted by molar-refractivity contribution is 0.261. The molecule has 0 N–H and O–H groups in total. The number of aryl methyl sites for hydroxylation is 1. The molecule has 3 rings (SSSR count). The third-order valence-corrected chi connectivity index (χ3v) is 3.99. The Morgan fingerprint density at radius 1 is 1.30 bits per heavy atom. The number of benzene rings is 1. The monoisotopic (exact) mass is 272 g/mol. The van der Waals surface area contributed by atoms with Gasteiger partial charge in [-0.05, 0) is 37.7 Å². The van der Waals surface area contributed by atoms with E-state index >= 15 is 0 Å². The minimum atomic E-state index is -0.227. The molecule has 3 nitrogen and oxygen atoms in total. The molecule has 2 aromatic rings. The number of piperazine rings is 1. The zero-order chi connectivity index (χ0) is 14.3. The van der Waals surface area contributed by atoms with Crippen LogP contribution in [-0.2, 0) is 0 Å². The first-order valence-electron chi connectivity index (χ1n) is 6.93. The zero-order valence-electron chi connectivity index (χ0n) is 11.9. The average molecular weight is 272 g/mol. The number of rotatable bonds is 1.